The fourth-order valence-corrected chi connectivity index (χ4v) is 4.48. The summed E-state index contributed by atoms with van der Waals surface area (Å²) < 4.78 is 18.9. The Balaban J connectivity index is 2.55. The molecule has 0 aromatic carbocycles. The number of ether oxygens (including phenoxy) is 3. The van der Waals surface area contributed by atoms with E-state index in [-0.39, 0.29) is 39.4 Å². The first-order valence-electron chi connectivity index (χ1n) is 13.7. The van der Waals surface area contributed by atoms with E-state index >= 15 is 0 Å². The summed E-state index contributed by atoms with van der Waals surface area (Å²) in [5.41, 5.74) is -2.94. The van der Waals surface area contributed by atoms with Crippen LogP contribution in [0.1, 0.15) is 84.7 Å². The van der Waals surface area contributed by atoms with Gasteiger partial charge in [-0.25, -0.2) is 19.4 Å². The summed E-state index contributed by atoms with van der Waals surface area (Å²) in [5, 5.41) is 15.0. The number of amides is 2. The Bertz CT molecular complexity index is 1750. The fraction of sp³-hybridized carbons (Fsp3) is 0.500. The van der Waals surface area contributed by atoms with E-state index < -0.39 is 40.6 Å². The van der Waals surface area contributed by atoms with Crippen molar-refractivity contribution in [3.63, 3.8) is 0 Å². The quantitative estimate of drug-likeness (QED) is 0.214. The molecule has 236 valence electrons. The van der Waals surface area contributed by atoms with E-state index in [9.17, 15) is 24.4 Å². The number of pyridine rings is 1. The van der Waals surface area contributed by atoms with Crippen LogP contribution < -0.4 is 10.5 Å². The largest absolute Gasteiger partial charge is 0.443 e. The number of rotatable bonds is 2. The lowest BCUT2D eigenvalue weighted by Crippen LogP contribution is -2.45. The molecule has 0 aliphatic heterocycles. The van der Waals surface area contributed by atoms with Crippen LogP contribution in [0.15, 0.2) is 15.5 Å². The number of carbonyl (C=O) groups is 3. The zero-order chi connectivity index (χ0) is 33.7. The number of fused-ring (bicyclic) bond motifs is 1. The molecule has 0 saturated carbocycles. The smallest absolute Gasteiger partial charge is 0.438 e. The highest BCUT2D eigenvalue weighted by molar-refractivity contribution is 9.10. The van der Waals surface area contributed by atoms with Gasteiger partial charge in [0.15, 0.2) is 5.82 Å². The van der Waals surface area contributed by atoms with E-state index in [4.69, 9.17) is 14.2 Å². The van der Waals surface area contributed by atoms with Gasteiger partial charge >= 0.3 is 18.3 Å². The molecule has 14 heteroatoms. The SMILES string of the molecule is Cc1cc2c(C#N)c(N(C(=O)OC(C)(C)C)C(=O)OC(C)(C)C)n(-c3c(C)nn(C(=O)OC(C)(C)C)c(=O)c3C)c2nc1Br. The number of carbonyl (C=O) groups excluding carboxylic acids is 3. The Morgan fingerprint density at radius 1 is 0.909 bits per heavy atom. The van der Waals surface area contributed by atoms with E-state index in [0.717, 1.165) is 0 Å². The molecule has 0 saturated heterocycles. The molecule has 3 aromatic heterocycles. The van der Waals surface area contributed by atoms with Gasteiger partial charge in [-0.15, -0.1) is 4.68 Å². The average Bonchev–Trinajstić information content (AvgIpc) is 3.10. The summed E-state index contributed by atoms with van der Waals surface area (Å²) >= 11 is 3.42. The number of anilines is 1. The maximum atomic E-state index is 13.8. The Morgan fingerprint density at radius 3 is 1.86 bits per heavy atom. The summed E-state index contributed by atoms with van der Waals surface area (Å²) in [6.07, 6.45) is -3.25. The van der Waals surface area contributed by atoms with E-state index in [1.807, 2.05) is 0 Å². The summed E-state index contributed by atoms with van der Waals surface area (Å²) in [6.45, 7) is 19.4. The van der Waals surface area contributed by atoms with Crippen LogP contribution in [0.3, 0.4) is 0 Å². The minimum atomic E-state index is -1.13. The molecular weight excluding hydrogens is 636 g/mol. The van der Waals surface area contributed by atoms with Gasteiger partial charge in [0.1, 0.15) is 38.7 Å². The van der Waals surface area contributed by atoms with Crippen molar-refractivity contribution in [3.05, 3.63) is 43.4 Å². The molecule has 44 heavy (non-hydrogen) atoms. The number of hydrogen-bond acceptors (Lipinski definition) is 10. The van der Waals surface area contributed by atoms with Crippen molar-refractivity contribution in [2.24, 2.45) is 0 Å². The summed E-state index contributed by atoms with van der Waals surface area (Å²) in [4.78, 5) is 59.2. The van der Waals surface area contributed by atoms with Crippen molar-refractivity contribution >= 4 is 51.1 Å². The topological polar surface area (TPSA) is 159 Å². The molecular formula is C30H37BrN6O7. The van der Waals surface area contributed by atoms with Crippen LogP contribution in [0.2, 0.25) is 0 Å². The first-order valence-corrected chi connectivity index (χ1v) is 14.5. The Kier molecular flexibility index (Phi) is 9.09. The predicted octanol–water partition coefficient (Wildman–Crippen LogP) is 6.60. The van der Waals surface area contributed by atoms with E-state index in [2.05, 4.69) is 32.1 Å². The lowest BCUT2D eigenvalue weighted by molar-refractivity contribution is 0.0425. The molecule has 2 amide bonds. The van der Waals surface area contributed by atoms with Gasteiger partial charge in [0, 0.05) is 10.9 Å². The maximum Gasteiger partial charge on any atom is 0.438 e. The van der Waals surface area contributed by atoms with Crippen LogP contribution >= 0.6 is 15.9 Å². The van der Waals surface area contributed by atoms with Gasteiger partial charge in [0.25, 0.3) is 5.56 Å². The van der Waals surface area contributed by atoms with Gasteiger partial charge in [0.05, 0.1) is 11.4 Å². The Hall–Kier alpha value is -4.25. The molecule has 0 aliphatic rings. The van der Waals surface area contributed by atoms with Crippen molar-refractivity contribution in [2.75, 3.05) is 4.90 Å². The Labute approximate surface area is 263 Å². The first-order chi connectivity index (χ1) is 20.0. The lowest BCUT2D eigenvalue weighted by Gasteiger charge is -2.29. The summed E-state index contributed by atoms with van der Waals surface area (Å²) in [7, 11) is 0. The number of aromatic nitrogens is 4. The van der Waals surface area contributed by atoms with Crippen LogP contribution in [-0.2, 0) is 14.2 Å². The lowest BCUT2D eigenvalue weighted by atomic mass is 10.2. The van der Waals surface area contributed by atoms with Gasteiger partial charge in [-0.2, -0.15) is 15.3 Å². The number of nitrogens with zero attached hydrogens (tertiary/aromatic N) is 6. The number of hydrogen-bond donors (Lipinski definition) is 0. The zero-order valence-electron chi connectivity index (χ0n) is 27.0. The third-order valence-corrected chi connectivity index (χ3v) is 6.58. The van der Waals surface area contributed by atoms with Crippen LogP contribution in [0.4, 0.5) is 20.2 Å². The Morgan fingerprint density at radius 2 is 1.41 bits per heavy atom. The molecule has 0 aliphatic carbocycles. The highest BCUT2D eigenvalue weighted by atomic mass is 79.9. The van der Waals surface area contributed by atoms with E-state index in [1.165, 1.54) is 18.4 Å². The molecule has 3 heterocycles. The number of nitriles is 1. The van der Waals surface area contributed by atoms with Crippen molar-refractivity contribution in [3.8, 4) is 11.8 Å². The molecule has 0 N–H and O–H groups in total. The second-order valence-corrected chi connectivity index (χ2v) is 13.9. The predicted molar refractivity (Wildman–Crippen MR) is 166 cm³/mol. The maximum absolute atomic E-state index is 13.8. The van der Waals surface area contributed by atoms with Gasteiger partial charge < -0.3 is 14.2 Å². The minimum Gasteiger partial charge on any atom is -0.443 e. The zero-order valence-corrected chi connectivity index (χ0v) is 28.6. The third kappa shape index (κ3) is 7.10. The van der Waals surface area contributed by atoms with Gasteiger partial charge in [-0.3, -0.25) is 9.36 Å². The second-order valence-electron chi connectivity index (χ2n) is 13.2. The second kappa shape index (κ2) is 11.7. The molecule has 0 fully saturated rings. The average molecular weight is 674 g/mol. The molecule has 0 radical (unpaired) electrons. The van der Waals surface area contributed by atoms with Crippen molar-refractivity contribution in [2.45, 2.75) is 99.9 Å². The van der Waals surface area contributed by atoms with Crippen LogP contribution in [0.5, 0.6) is 0 Å². The van der Waals surface area contributed by atoms with Crippen LogP contribution in [-0.4, -0.2) is 54.4 Å². The first kappa shape index (κ1) is 34.2. The van der Waals surface area contributed by atoms with Crippen molar-refractivity contribution in [1.29, 1.82) is 5.26 Å². The molecule has 0 unspecified atom stereocenters. The van der Waals surface area contributed by atoms with Gasteiger partial charge in [-0.05, 0) is 111 Å². The standard InChI is InChI=1S/C30H37BrN6O7/c1-15-13-18-19(14-32)23(36(25(39)42-28(4,5)6)26(40)43-29(7,8)9)35(22(18)33-21(15)31)20-16(2)24(38)37(34-17(20)3)27(41)44-30(10,11)12/h13H,1-12H3. The molecule has 13 nitrogen and oxygen atoms in total. The fourth-order valence-electron chi connectivity index (χ4n) is 4.20. The third-order valence-electron chi connectivity index (χ3n) is 5.77. The molecule has 0 spiro atoms. The monoisotopic (exact) mass is 672 g/mol. The van der Waals surface area contributed by atoms with Gasteiger partial charge in [-0.1, -0.05) is 0 Å². The molecule has 0 bridgehead atoms. The minimum absolute atomic E-state index is 0.00201. The molecule has 0 atom stereocenters. The highest BCUT2D eigenvalue weighted by Gasteiger charge is 2.39. The number of halogens is 1. The van der Waals surface area contributed by atoms with Crippen molar-refractivity contribution in [1.82, 2.24) is 19.3 Å². The summed E-state index contributed by atoms with van der Waals surface area (Å²) in [6, 6.07) is 3.75. The summed E-state index contributed by atoms with van der Waals surface area (Å²) in [5.74, 6) is -0.279. The normalized spacial score (nSPS) is 12.1. The van der Waals surface area contributed by atoms with Gasteiger partial charge in [0.2, 0.25) is 0 Å². The van der Waals surface area contributed by atoms with E-state index in [0.29, 0.717) is 19.7 Å². The van der Waals surface area contributed by atoms with Crippen LogP contribution in [0.25, 0.3) is 16.7 Å². The molecule has 3 aromatic rings. The number of aryl methyl sites for hydroxylation is 2. The van der Waals surface area contributed by atoms with Crippen LogP contribution in [0, 0.1) is 32.1 Å². The molecule has 3 rings (SSSR count). The number of imide groups is 1. The van der Waals surface area contributed by atoms with Crippen molar-refractivity contribution < 1.29 is 28.6 Å². The highest BCUT2D eigenvalue weighted by Crippen LogP contribution is 2.39. The van der Waals surface area contributed by atoms with E-state index in [1.54, 1.807) is 75.3 Å².